The van der Waals surface area contributed by atoms with Crippen LogP contribution in [0.5, 0.6) is 0 Å². The van der Waals surface area contributed by atoms with Crippen LogP contribution in [0.3, 0.4) is 0 Å². The Hall–Kier alpha value is -2.17. The zero-order valence-electron chi connectivity index (χ0n) is 11.3. The van der Waals surface area contributed by atoms with Gasteiger partial charge in [-0.2, -0.15) is 10.1 Å². The van der Waals surface area contributed by atoms with Crippen molar-refractivity contribution >= 4 is 5.69 Å². The van der Waals surface area contributed by atoms with Gasteiger partial charge >= 0.3 is 0 Å². The molecule has 5 heteroatoms. The van der Waals surface area contributed by atoms with E-state index in [0.29, 0.717) is 11.5 Å². The number of hydrogen-bond acceptors (Lipinski definition) is 4. The van der Waals surface area contributed by atoms with Gasteiger partial charge in [-0.3, -0.25) is 4.79 Å². The maximum absolute atomic E-state index is 11.8. The van der Waals surface area contributed by atoms with Crippen LogP contribution < -0.4 is 10.9 Å². The molecule has 1 aliphatic heterocycles. The zero-order valence-corrected chi connectivity index (χ0v) is 11.3. The summed E-state index contributed by atoms with van der Waals surface area (Å²) in [5, 5.41) is 7.90. The second-order valence-corrected chi connectivity index (χ2v) is 5.04. The third-order valence-corrected chi connectivity index (χ3v) is 3.70. The first-order valence-corrected chi connectivity index (χ1v) is 6.41. The molecule has 2 aromatic rings. The third kappa shape index (κ3) is 1.65. The highest BCUT2D eigenvalue weighted by atomic mass is 16.1. The average Bonchev–Trinajstić information content (AvgIpc) is 2.41. The summed E-state index contributed by atoms with van der Waals surface area (Å²) in [7, 11) is 0. The second kappa shape index (κ2) is 3.91. The summed E-state index contributed by atoms with van der Waals surface area (Å²) in [6, 6.07) is 7.86. The monoisotopic (exact) mass is 256 g/mol. The molecule has 0 fully saturated rings. The van der Waals surface area contributed by atoms with Gasteiger partial charge in [0.15, 0.2) is 5.82 Å². The van der Waals surface area contributed by atoms with Crippen molar-refractivity contribution in [1.29, 1.82) is 0 Å². The van der Waals surface area contributed by atoms with Crippen molar-refractivity contribution in [2.75, 3.05) is 5.32 Å². The highest BCUT2D eigenvalue weighted by Crippen LogP contribution is 2.37. The normalized spacial score (nSPS) is 20.4. The molecule has 1 N–H and O–H groups in total. The van der Waals surface area contributed by atoms with Gasteiger partial charge in [0, 0.05) is 11.3 Å². The molecule has 98 valence electrons. The van der Waals surface area contributed by atoms with Gasteiger partial charge < -0.3 is 5.32 Å². The van der Waals surface area contributed by atoms with E-state index in [1.54, 1.807) is 6.92 Å². The predicted octanol–water partition coefficient (Wildman–Crippen LogP) is 2.12. The van der Waals surface area contributed by atoms with Gasteiger partial charge in [0.25, 0.3) is 5.56 Å². The van der Waals surface area contributed by atoms with Crippen molar-refractivity contribution in [3.8, 4) is 11.4 Å². The minimum absolute atomic E-state index is 0.263. The third-order valence-electron chi connectivity index (χ3n) is 3.70. The summed E-state index contributed by atoms with van der Waals surface area (Å²) in [6.07, 6.45) is 0.839. The van der Waals surface area contributed by atoms with E-state index in [9.17, 15) is 4.79 Å². The van der Waals surface area contributed by atoms with Crippen molar-refractivity contribution in [3.63, 3.8) is 0 Å². The van der Waals surface area contributed by atoms with Gasteiger partial charge in [-0.15, -0.1) is 0 Å². The second-order valence-electron chi connectivity index (χ2n) is 5.04. The molecule has 0 saturated heterocycles. The molecule has 0 unspecified atom stereocenters. The molecule has 1 aromatic carbocycles. The van der Waals surface area contributed by atoms with Crippen LogP contribution in [-0.4, -0.2) is 14.8 Å². The summed E-state index contributed by atoms with van der Waals surface area (Å²) in [5.74, 6) is 0.634. The molecule has 5 nitrogen and oxygen atoms in total. The summed E-state index contributed by atoms with van der Waals surface area (Å²) < 4.78 is 1.83. The maximum Gasteiger partial charge on any atom is 0.294 e. The topological polar surface area (TPSA) is 59.8 Å². The molecule has 0 spiro atoms. The molecule has 0 bridgehead atoms. The standard InChI is InChI=1S/C14H16N4O/c1-4-14(3)16-11-8-6-5-7-10(11)12-15-13(19)9(2)17-18(12)14/h5-8,16H,4H2,1-3H3/t14-/m0/s1. The van der Waals surface area contributed by atoms with E-state index in [1.807, 2.05) is 28.9 Å². The fraction of sp³-hybridized carbons (Fsp3) is 0.357. The molecule has 0 saturated carbocycles. The number of nitrogens with zero attached hydrogens (tertiary/aromatic N) is 3. The fourth-order valence-corrected chi connectivity index (χ4v) is 2.35. The van der Waals surface area contributed by atoms with Crippen LogP contribution in [0.15, 0.2) is 29.1 Å². The Labute approximate surface area is 111 Å². The zero-order chi connectivity index (χ0) is 13.6. The van der Waals surface area contributed by atoms with E-state index < -0.39 is 0 Å². The number of nitrogens with one attached hydrogen (secondary N) is 1. The first-order chi connectivity index (χ1) is 9.05. The molecular formula is C14H16N4O. The number of aromatic nitrogens is 3. The van der Waals surface area contributed by atoms with Crippen molar-refractivity contribution in [3.05, 3.63) is 40.3 Å². The number of rotatable bonds is 1. The fourth-order valence-electron chi connectivity index (χ4n) is 2.35. The molecule has 0 radical (unpaired) electrons. The van der Waals surface area contributed by atoms with Gasteiger partial charge in [-0.05, 0) is 32.4 Å². The molecule has 0 amide bonds. The van der Waals surface area contributed by atoms with Crippen LogP contribution in [0.25, 0.3) is 11.4 Å². The van der Waals surface area contributed by atoms with Gasteiger partial charge in [0.05, 0.1) is 0 Å². The largest absolute Gasteiger partial charge is 0.361 e. The Morgan fingerprint density at radius 1 is 1.37 bits per heavy atom. The number of anilines is 1. The van der Waals surface area contributed by atoms with Crippen LogP contribution >= 0.6 is 0 Å². The SMILES string of the molecule is CC[C@@]1(C)Nc2ccccc2-c2nc(=O)c(C)nn21. The minimum atomic E-state index is -0.366. The molecular weight excluding hydrogens is 240 g/mol. The Balaban J connectivity index is 2.37. The van der Waals surface area contributed by atoms with E-state index in [2.05, 4.69) is 29.2 Å². The van der Waals surface area contributed by atoms with Gasteiger partial charge in [-0.1, -0.05) is 19.1 Å². The molecule has 0 aliphatic carbocycles. The van der Waals surface area contributed by atoms with Crippen molar-refractivity contribution in [1.82, 2.24) is 14.8 Å². The predicted molar refractivity (Wildman–Crippen MR) is 74.0 cm³/mol. The van der Waals surface area contributed by atoms with E-state index in [4.69, 9.17) is 0 Å². The molecule has 1 atom stereocenters. The number of fused-ring (bicyclic) bond motifs is 3. The first-order valence-electron chi connectivity index (χ1n) is 6.41. The Bertz CT molecular complexity index is 707. The lowest BCUT2D eigenvalue weighted by molar-refractivity contribution is 0.308. The molecule has 2 heterocycles. The molecule has 19 heavy (non-hydrogen) atoms. The van der Waals surface area contributed by atoms with Gasteiger partial charge in [0.1, 0.15) is 11.4 Å². The first kappa shape index (κ1) is 11.9. The number of hydrogen-bond donors (Lipinski definition) is 1. The van der Waals surface area contributed by atoms with E-state index in [-0.39, 0.29) is 11.2 Å². The summed E-state index contributed by atoms with van der Waals surface area (Å²) in [5.41, 5.74) is 1.70. The van der Waals surface area contributed by atoms with Crippen LogP contribution in [0, 0.1) is 6.92 Å². The van der Waals surface area contributed by atoms with Crippen LogP contribution in [0.1, 0.15) is 26.0 Å². The van der Waals surface area contributed by atoms with Crippen molar-refractivity contribution in [2.24, 2.45) is 0 Å². The average molecular weight is 256 g/mol. The smallest absolute Gasteiger partial charge is 0.294 e. The van der Waals surface area contributed by atoms with E-state index in [0.717, 1.165) is 17.7 Å². The Kier molecular flexibility index (Phi) is 2.45. The highest BCUT2D eigenvalue weighted by molar-refractivity contribution is 5.76. The van der Waals surface area contributed by atoms with Crippen LogP contribution in [-0.2, 0) is 5.66 Å². The lowest BCUT2D eigenvalue weighted by Gasteiger charge is -2.38. The van der Waals surface area contributed by atoms with Crippen LogP contribution in [0.4, 0.5) is 5.69 Å². The van der Waals surface area contributed by atoms with Crippen molar-refractivity contribution < 1.29 is 0 Å². The minimum Gasteiger partial charge on any atom is -0.361 e. The lowest BCUT2D eigenvalue weighted by Crippen LogP contribution is -2.44. The summed E-state index contributed by atoms with van der Waals surface area (Å²) >= 11 is 0. The molecule has 1 aliphatic rings. The quantitative estimate of drug-likeness (QED) is 0.849. The van der Waals surface area contributed by atoms with Gasteiger partial charge in [-0.25, -0.2) is 4.68 Å². The number of para-hydroxylation sites is 1. The number of benzene rings is 1. The Morgan fingerprint density at radius 2 is 2.11 bits per heavy atom. The maximum atomic E-state index is 11.8. The summed E-state index contributed by atoms with van der Waals surface area (Å²) in [6.45, 7) is 5.84. The highest BCUT2D eigenvalue weighted by Gasteiger charge is 2.34. The van der Waals surface area contributed by atoms with Crippen LogP contribution in [0.2, 0.25) is 0 Å². The molecule has 3 rings (SSSR count). The lowest BCUT2D eigenvalue weighted by atomic mass is 10.0. The number of aryl methyl sites for hydroxylation is 1. The van der Waals surface area contributed by atoms with Crippen molar-refractivity contribution in [2.45, 2.75) is 32.9 Å². The summed E-state index contributed by atoms with van der Waals surface area (Å²) in [4.78, 5) is 16.0. The molecule has 1 aromatic heterocycles. The van der Waals surface area contributed by atoms with E-state index >= 15 is 0 Å². The Morgan fingerprint density at radius 3 is 2.84 bits per heavy atom. The van der Waals surface area contributed by atoms with Gasteiger partial charge in [0.2, 0.25) is 0 Å². The van der Waals surface area contributed by atoms with E-state index in [1.165, 1.54) is 0 Å².